The van der Waals surface area contributed by atoms with Crippen molar-refractivity contribution in [2.24, 2.45) is 0 Å². The van der Waals surface area contributed by atoms with E-state index in [0.717, 1.165) is 24.9 Å². The highest BCUT2D eigenvalue weighted by molar-refractivity contribution is 9.10. The number of halogens is 2. The van der Waals surface area contributed by atoms with Gasteiger partial charge in [0.2, 0.25) is 0 Å². The molecule has 0 aliphatic heterocycles. The van der Waals surface area contributed by atoms with E-state index in [2.05, 4.69) is 35.1 Å². The minimum absolute atomic E-state index is 0.182. The van der Waals surface area contributed by atoms with E-state index < -0.39 is 0 Å². The van der Waals surface area contributed by atoms with Crippen LogP contribution in [-0.4, -0.2) is 12.6 Å². The van der Waals surface area contributed by atoms with Crippen LogP contribution in [0, 0.1) is 5.82 Å². The standard InChI is InChI=1S/C12H17BrFN/c1-3-10(15-4-2)8-9-6-5-7-11(14)12(9)13/h5-7,10,15H,3-4,8H2,1-2H3. The van der Waals surface area contributed by atoms with Crippen molar-refractivity contribution >= 4 is 15.9 Å². The highest BCUT2D eigenvalue weighted by Crippen LogP contribution is 2.22. The summed E-state index contributed by atoms with van der Waals surface area (Å²) in [6.45, 7) is 5.18. The van der Waals surface area contributed by atoms with Gasteiger partial charge in [-0.15, -0.1) is 0 Å². The summed E-state index contributed by atoms with van der Waals surface area (Å²) in [5.41, 5.74) is 1.03. The van der Waals surface area contributed by atoms with Gasteiger partial charge in [-0.25, -0.2) is 4.39 Å². The van der Waals surface area contributed by atoms with Crippen LogP contribution in [0.5, 0.6) is 0 Å². The molecule has 1 atom stereocenters. The van der Waals surface area contributed by atoms with Gasteiger partial charge in [-0.3, -0.25) is 0 Å². The fourth-order valence-corrected chi connectivity index (χ4v) is 2.05. The van der Waals surface area contributed by atoms with Gasteiger partial charge in [-0.2, -0.15) is 0 Å². The van der Waals surface area contributed by atoms with Crippen LogP contribution in [0.25, 0.3) is 0 Å². The summed E-state index contributed by atoms with van der Waals surface area (Å²) < 4.78 is 13.9. The van der Waals surface area contributed by atoms with Gasteiger partial charge in [0.1, 0.15) is 5.82 Å². The first-order chi connectivity index (χ1) is 7.19. The van der Waals surface area contributed by atoms with Crippen molar-refractivity contribution in [1.82, 2.24) is 5.32 Å². The van der Waals surface area contributed by atoms with Gasteiger partial charge in [0.25, 0.3) is 0 Å². The second-order valence-electron chi connectivity index (χ2n) is 3.58. The molecule has 1 aromatic rings. The first kappa shape index (κ1) is 12.7. The van der Waals surface area contributed by atoms with Gasteiger partial charge >= 0.3 is 0 Å². The van der Waals surface area contributed by atoms with Crippen molar-refractivity contribution in [1.29, 1.82) is 0 Å². The van der Waals surface area contributed by atoms with E-state index in [9.17, 15) is 4.39 Å². The van der Waals surface area contributed by atoms with Crippen LogP contribution in [0.3, 0.4) is 0 Å². The summed E-state index contributed by atoms with van der Waals surface area (Å²) in [6.07, 6.45) is 1.92. The second-order valence-corrected chi connectivity index (χ2v) is 4.37. The lowest BCUT2D eigenvalue weighted by Crippen LogP contribution is -2.30. The predicted octanol–water partition coefficient (Wildman–Crippen LogP) is 3.52. The Hall–Kier alpha value is -0.410. The van der Waals surface area contributed by atoms with Crippen molar-refractivity contribution in [3.05, 3.63) is 34.1 Å². The van der Waals surface area contributed by atoms with Crippen LogP contribution in [0.4, 0.5) is 4.39 Å². The van der Waals surface area contributed by atoms with Crippen LogP contribution in [0.1, 0.15) is 25.8 Å². The Morgan fingerprint density at radius 3 is 2.73 bits per heavy atom. The zero-order valence-corrected chi connectivity index (χ0v) is 10.8. The molecule has 0 heterocycles. The van der Waals surface area contributed by atoms with E-state index in [4.69, 9.17) is 0 Å². The number of hydrogen-bond acceptors (Lipinski definition) is 1. The minimum atomic E-state index is -0.182. The third-order valence-electron chi connectivity index (χ3n) is 2.48. The summed E-state index contributed by atoms with van der Waals surface area (Å²) in [7, 11) is 0. The van der Waals surface area contributed by atoms with Gasteiger partial charge in [0.15, 0.2) is 0 Å². The maximum Gasteiger partial charge on any atom is 0.137 e. The van der Waals surface area contributed by atoms with Gasteiger partial charge in [-0.1, -0.05) is 26.0 Å². The van der Waals surface area contributed by atoms with E-state index in [0.29, 0.717) is 10.5 Å². The predicted molar refractivity (Wildman–Crippen MR) is 65.6 cm³/mol. The fourth-order valence-electron chi connectivity index (χ4n) is 1.62. The summed E-state index contributed by atoms with van der Waals surface area (Å²) in [5, 5.41) is 3.38. The molecule has 1 nitrogen and oxygen atoms in total. The SMILES string of the molecule is CCNC(CC)Cc1cccc(F)c1Br. The molecule has 0 aromatic heterocycles. The Morgan fingerprint density at radius 2 is 2.13 bits per heavy atom. The molecule has 15 heavy (non-hydrogen) atoms. The first-order valence-corrected chi connectivity index (χ1v) is 6.14. The summed E-state index contributed by atoms with van der Waals surface area (Å²) in [4.78, 5) is 0. The van der Waals surface area contributed by atoms with E-state index in [-0.39, 0.29) is 5.82 Å². The van der Waals surface area contributed by atoms with Gasteiger partial charge in [-0.05, 0) is 46.9 Å². The maximum atomic E-state index is 13.3. The van der Waals surface area contributed by atoms with Crippen molar-refractivity contribution in [3.8, 4) is 0 Å². The van der Waals surface area contributed by atoms with E-state index in [1.807, 2.05) is 6.07 Å². The minimum Gasteiger partial charge on any atom is -0.314 e. The molecule has 1 N–H and O–H groups in total. The number of benzene rings is 1. The van der Waals surface area contributed by atoms with Crippen LogP contribution in [0.2, 0.25) is 0 Å². The van der Waals surface area contributed by atoms with Gasteiger partial charge < -0.3 is 5.32 Å². The third-order valence-corrected chi connectivity index (χ3v) is 3.37. The Labute approximate surface area is 99.2 Å². The molecular formula is C12H17BrFN. The molecule has 0 bridgehead atoms. The normalized spacial score (nSPS) is 12.8. The first-order valence-electron chi connectivity index (χ1n) is 5.35. The average Bonchev–Trinajstić information content (AvgIpc) is 2.24. The summed E-state index contributed by atoms with van der Waals surface area (Å²) in [5.74, 6) is -0.182. The zero-order chi connectivity index (χ0) is 11.3. The molecule has 1 unspecified atom stereocenters. The fraction of sp³-hybridized carbons (Fsp3) is 0.500. The lowest BCUT2D eigenvalue weighted by Gasteiger charge is -2.16. The monoisotopic (exact) mass is 273 g/mol. The van der Waals surface area contributed by atoms with Gasteiger partial charge in [0.05, 0.1) is 4.47 Å². The molecule has 0 aliphatic rings. The van der Waals surface area contributed by atoms with Crippen LogP contribution < -0.4 is 5.32 Å². The molecule has 3 heteroatoms. The van der Waals surface area contributed by atoms with Crippen molar-refractivity contribution in [2.45, 2.75) is 32.7 Å². The van der Waals surface area contributed by atoms with Crippen molar-refractivity contribution in [2.75, 3.05) is 6.54 Å². The highest BCUT2D eigenvalue weighted by atomic mass is 79.9. The molecule has 0 aliphatic carbocycles. The van der Waals surface area contributed by atoms with Crippen LogP contribution in [-0.2, 0) is 6.42 Å². The van der Waals surface area contributed by atoms with Crippen molar-refractivity contribution in [3.63, 3.8) is 0 Å². The van der Waals surface area contributed by atoms with E-state index in [1.54, 1.807) is 6.07 Å². The molecule has 0 amide bonds. The molecule has 84 valence electrons. The van der Waals surface area contributed by atoms with Crippen LogP contribution in [0.15, 0.2) is 22.7 Å². The maximum absolute atomic E-state index is 13.3. The molecule has 1 rings (SSSR count). The largest absolute Gasteiger partial charge is 0.314 e. The summed E-state index contributed by atoms with van der Waals surface area (Å²) in [6, 6.07) is 5.62. The number of nitrogens with one attached hydrogen (secondary N) is 1. The zero-order valence-electron chi connectivity index (χ0n) is 9.19. The van der Waals surface area contributed by atoms with E-state index >= 15 is 0 Å². The molecule has 0 saturated heterocycles. The Kier molecular flexibility index (Phi) is 5.26. The highest BCUT2D eigenvalue weighted by Gasteiger charge is 2.10. The topological polar surface area (TPSA) is 12.0 Å². The molecule has 0 radical (unpaired) electrons. The van der Waals surface area contributed by atoms with Crippen LogP contribution >= 0.6 is 15.9 Å². The molecule has 0 spiro atoms. The molecule has 0 saturated carbocycles. The quantitative estimate of drug-likeness (QED) is 0.866. The Balaban J connectivity index is 2.74. The average molecular weight is 274 g/mol. The molecule has 1 aromatic carbocycles. The number of rotatable bonds is 5. The van der Waals surface area contributed by atoms with E-state index in [1.165, 1.54) is 6.07 Å². The Bertz CT molecular complexity index is 314. The molecule has 0 fully saturated rings. The number of hydrogen-bond donors (Lipinski definition) is 1. The number of likely N-dealkylation sites (N-methyl/N-ethyl adjacent to an activating group) is 1. The molecular weight excluding hydrogens is 257 g/mol. The lowest BCUT2D eigenvalue weighted by atomic mass is 10.0. The second kappa shape index (κ2) is 6.23. The summed E-state index contributed by atoms with van der Waals surface area (Å²) >= 11 is 3.29. The Morgan fingerprint density at radius 1 is 1.40 bits per heavy atom. The lowest BCUT2D eigenvalue weighted by molar-refractivity contribution is 0.507. The van der Waals surface area contributed by atoms with Crippen molar-refractivity contribution < 1.29 is 4.39 Å². The third kappa shape index (κ3) is 3.58. The smallest absolute Gasteiger partial charge is 0.137 e. The van der Waals surface area contributed by atoms with Gasteiger partial charge in [0, 0.05) is 6.04 Å².